The molecule has 1 heterocycles. The predicted octanol–water partition coefficient (Wildman–Crippen LogP) is 2.30. The summed E-state index contributed by atoms with van der Waals surface area (Å²) in [5.74, 6) is 1.29. The third kappa shape index (κ3) is 3.76. The summed E-state index contributed by atoms with van der Waals surface area (Å²) in [6.45, 7) is 7.28. The molecule has 1 saturated heterocycles. The van der Waals surface area contributed by atoms with E-state index in [-0.39, 0.29) is 18.6 Å². The number of hydrogen-bond donors (Lipinski definition) is 1. The minimum absolute atomic E-state index is 0.0294. The fourth-order valence-corrected chi connectivity index (χ4v) is 2.85. The molecule has 2 rings (SSSR count). The smallest absolute Gasteiger partial charge is 0.226 e. The van der Waals surface area contributed by atoms with Crippen LogP contribution >= 0.6 is 0 Å². The Hall–Kier alpha value is -1.55. The Morgan fingerprint density at radius 3 is 2.90 bits per heavy atom. The Labute approximate surface area is 126 Å². The molecule has 4 nitrogen and oxygen atoms in total. The van der Waals surface area contributed by atoms with Crippen LogP contribution in [0.1, 0.15) is 30.9 Å². The molecule has 0 aliphatic carbocycles. The van der Waals surface area contributed by atoms with E-state index in [0.717, 1.165) is 29.8 Å². The number of nitrogens with zero attached hydrogens (tertiary/aromatic N) is 1. The van der Waals surface area contributed by atoms with Gasteiger partial charge in [0.1, 0.15) is 5.75 Å². The van der Waals surface area contributed by atoms with Crippen molar-refractivity contribution in [3.8, 4) is 5.75 Å². The van der Waals surface area contributed by atoms with Gasteiger partial charge in [0.25, 0.3) is 0 Å². The van der Waals surface area contributed by atoms with Gasteiger partial charge in [0.05, 0.1) is 25.7 Å². The van der Waals surface area contributed by atoms with Crippen LogP contribution in [0.15, 0.2) is 18.2 Å². The molecule has 116 valence electrons. The zero-order chi connectivity index (χ0) is 15.4. The van der Waals surface area contributed by atoms with E-state index in [2.05, 4.69) is 6.92 Å². The van der Waals surface area contributed by atoms with Gasteiger partial charge in [0, 0.05) is 6.54 Å². The molecule has 4 heteroatoms. The Bertz CT molecular complexity index is 501. The second-order valence-corrected chi connectivity index (χ2v) is 5.97. The van der Waals surface area contributed by atoms with E-state index in [4.69, 9.17) is 4.74 Å². The maximum Gasteiger partial charge on any atom is 0.226 e. The van der Waals surface area contributed by atoms with Crippen molar-refractivity contribution in [1.82, 2.24) is 4.90 Å². The number of ether oxygens (including phenoxy) is 1. The largest absolute Gasteiger partial charge is 0.493 e. The Morgan fingerprint density at radius 2 is 2.19 bits per heavy atom. The Morgan fingerprint density at radius 1 is 1.43 bits per heavy atom. The van der Waals surface area contributed by atoms with Gasteiger partial charge < -0.3 is 14.7 Å². The lowest BCUT2D eigenvalue weighted by molar-refractivity contribution is -0.133. The van der Waals surface area contributed by atoms with Gasteiger partial charge in [-0.25, -0.2) is 0 Å². The van der Waals surface area contributed by atoms with Gasteiger partial charge >= 0.3 is 0 Å². The van der Waals surface area contributed by atoms with Crippen LogP contribution in [0.3, 0.4) is 0 Å². The summed E-state index contributed by atoms with van der Waals surface area (Å²) in [6.07, 6.45) is 1.32. The van der Waals surface area contributed by atoms with E-state index >= 15 is 0 Å². The quantitative estimate of drug-likeness (QED) is 0.905. The number of amides is 1. The summed E-state index contributed by atoms with van der Waals surface area (Å²) in [5, 5.41) is 9.40. The van der Waals surface area contributed by atoms with Gasteiger partial charge in [0.15, 0.2) is 0 Å². The first-order chi connectivity index (χ1) is 10.0. The highest BCUT2D eigenvalue weighted by Crippen LogP contribution is 2.24. The molecule has 21 heavy (non-hydrogen) atoms. The number of rotatable bonds is 5. The first-order valence-corrected chi connectivity index (χ1v) is 7.63. The van der Waals surface area contributed by atoms with Crippen LogP contribution in [0.2, 0.25) is 0 Å². The second kappa shape index (κ2) is 6.94. The van der Waals surface area contributed by atoms with Crippen molar-refractivity contribution in [2.45, 2.75) is 39.7 Å². The standard InChI is InChI=1S/C17H25NO3/c1-12-4-5-14(3)16(10-12)21-9-7-17(20)18-8-6-13(2)15(18)11-19/h4-5,10,13,15,19H,6-9,11H2,1-3H3. The third-order valence-corrected chi connectivity index (χ3v) is 4.31. The van der Waals surface area contributed by atoms with Gasteiger partial charge in [0.2, 0.25) is 5.91 Å². The Kier molecular flexibility index (Phi) is 5.23. The van der Waals surface area contributed by atoms with Crippen LogP contribution in [0.5, 0.6) is 5.75 Å². The number of aliphatic hydroxyl groups excluding tert-OH is 1. The lowest BCUT2D eigenvalue weighted by atomic mass is 10.0. The van der Waals surface area contributed by atoms with E-state index in [0.29, 0.717) is 18.9 Å². The topological polar surface area (TPSA) is 49.8 Å². The van der Waals surface area contributed by atoms with E-state index in [1.54, 1.807) is 4.90 Å². The zero-order valence-corrected chi connectivity index (χ0v) is 13.1. The monoisotopic (exact) mass is 291 g/mol. The summed E-state index contributed by atoms with van der Waals surface area (Å²) >= 11 is 0. The maximum atomic E-state index is 12.2. The highest BCUT2D eigenvalue weighted by molar-refractivity contribution is 5.77. The molecule has 0 aromatic heterocycles. The van der Waals surface area contributed by atoms with E-state index in [9.17, 15) is 9.90 Å². The minimum Gasteiger partial charge on any atom is -0.493 e. The summed E-state index contributed by atoms with van der Waals surface area (Å²) in [7, 11) is 0. The van der Waals surface area contributed by atoms with Crippen LogP contribution in [0.4, 0.5) is 0 Å². The van der Waals surface area contributed by atoms with Gasteiger partial charge in [-0.05, 0) is 43.4 Å². The normalized spacial score (nSPS) is 21.6. The van der Waals surface area contributed by atoms with Crippen molar-refractivity contribution in [2.75, 3.05) is 19.8 Å². The Balaban J connectivity index is 1.86. The fourth-order valence-electron chi connectivity index (χ4n) is 2.85. The number of carbonyl (C=O) groups is 1. The summed E-state index contributed by atoms with van der Waals surface area (Å²) in [4.78, 5) is 14.0. The summed E-state index contributed by atoms with van der Waals surface area (Å²) in [6, 6.07) is 6.04. The first kappa shape index (κ1) is 15.8. The van der Waals surface area contributed by atoms with Gasteiger partial charge in [-0.3, -0.25) is 4.79 Å². The van der Waals surface area contributed by atoms with Crippen molar-refractivity contribution >= 4 is 5.91 Å². The van der Waals surface area contributed by atoms with Crippen molar-refractivity contribution in [3.05, 3.63) is 29.3 Å². The number of aryl methyl sites for hydroxylation is 2. The molecule has 0 bridgehead atoms. The van der Waals surface area contributed by atoms with Gasteiger partial charge in [-0.2, -0.15) is 0 Å². The molecule has 1 amide bonds. The molecule has 1 aromatic carbocycles. The van der Waals surface area contributed by atoms with Crippen LogP contribution in [0, 0.1) is 19.8 Å². The SMILES string of the molecule is Cc1ccc(C)c(OCCC(=O)N2CCC(C)C2CO)c1. The highest BCUT2D eigenvalue weighted by atomic mass is 16.5. The molecular formula is C17H25NO3. The van der Waals surface area contributed by atoms with Crippen molar-refractivity contribution in [1.29, 1.82) is 0 Å². The average molecular weight is 291 g/mol. The molecule has 0 spiro atoms. The molecule has 1 N–H and O–H groups in total. The molecule has 2 unspecified atom stereocenters. The first-order valence-electron chi connectivity index (χ1n) is 7.63. The predicted molar refractivity (Wildman–Crippen MR) is 82.4 cm³/mol. The lowest BCUT2D eigenvalue weighted by Crippen LogP contribution is -2.40. The third-order valence-electron chi connectivity index (χ3n) is 4.31. The molecule has 0 radical (unpaired) electrons. The number of aliphatic hydroxyl groups is 1. The average Bonchev–Trinajstić information content (AvgIpc) is 2.83. The van der Waals surface area contributed by atoms with E-state index in [1.165, 1.54) is 0 Å². The minimum atomic E-state index is -0.0294. The number of carbonyl (C=O) groups excluding carboxylic acids is 1. The summed E-state index contributed by atoms with van der Waals surface area (Å²) < 4.78 is 5.73. The molecule has 1 aliphatic heterocycles. The molecule has 2 atom stereocenters. The van der Waals surface area contributed by atoms with E-state index in [1.807, 2.05) is 32.0 Å². The van der Waals surface area contributed by atoms with Gasteiger partial charge in [-0.15, -0.1) is 0 Å². The molecule has 1 aliphatic rings. The molecule has 0 saturated carbocycles. The molecular weight excluding hydrogens is 266 g/mol. The maximum absolute atomic E-state index is 12.2. The van der Waals surface area contributed by atoms with Crippen molar-refractivity contribution in [3.63, 3.8) is 0 Å². The molecule has 1 fully saturated rings. The van der Waals surface area contributed by atoms with Crippen LogP contribution in [-0.2, 0) is 4.79 Å². The van der Waals surface area contributed by atoms with E-state index < -0.39 is 0 Å². The number of likely N-dealkylation sites (tertiary alicyclic amines) is 1. The second-order valence-electron chi connectivity index (χ2n) is 5.97. The fraction of sp³-hybridized carbons (Fsp3) is 0.588. The van der Waals surface area contributed by atoms with Crippen LogP contribution in [0.25, 0.3) is 0 Å². The highest BCUT2D eigenvalue weighted by Gasteiger charge is 2.33. The zero-order valence-electron chi connectivity index (χ0n) is 13.1. The van der Waals surface area contributed by atoms with Crippen molar-refractivity contribution < 1.29 is 14.6 Å². The van der Waals surface area contributed by atoms with Crippen LogP contribution < -0.4 is 4.74 Å². The lowest BCUT2D eigenvalue weighted by Gasteiger charge is -2.25. The summed E-state index contributed by atoms with van der Waals surface area (Å²) in [5.41, 5.74) is 2.23. The molecule has 1 aromatic rings. The van der Waals surface area contributed by atoms with Gasteiger partial charge in [-0.1, -0.05) is 19.1 Å². The van der Waals surface area contributed by atoms with Crippen LogP contribution in [-0.4, -0.2) is 41.7 Å². The van der Waals surface area contributed by atoms with Crippen molar-refractivity contribution in [2.24, 2.45) is 5.92 Å². The number of hydrogen-bond acceptors (Lipinski definition) is 3. The number of benzene rings is 1.